The molecule has 27 heavy (non-hydrogen) atoms. The van der Waals surface area contributed by atoms with Crippen molar-refractivity contribution in [3.8, 4) is 0 Å². The van der Waals surface area contributed by atoms with E-state index in [0.717, 1.165) is 39.1 Å². The molecule has 0 saturated heterocycles. The van der Waals surface area contributed by atoms with Crippen LogP contribution in [0.1, 0.15) is 95.4 Å². The number of ether oxygens (including phenoxy) is 3. The Morgan fingerprint density at radius 2 is 1.19 bits per heavy atom. The minimum atomic E-state index is 0.0562. The van der Waals surface area contributed by atoms with Crippen molar-refractivity contribution >= 4 is 0 Å². The molecule has 0 N–H and O–H groups in total. The summed E-state index contributed by atoms with van der Waals surface area (Å²) in [5.74, 6) is 1.13. The molecule has 0 aromatic heterocycles. The van der Waals surface area contributed by atoms with Gasteiger partial charge in [-0.1, -0.05) is 62.3 Å². The Labute approximate surface area is 170 Å². The topological polar surface area (TPSA) is 27.7 Å². The molecule has 0 bridgehead atoms. The van der Waals surface area contributed by atoms with Gasteiger partial charge in [0.25, 0.3) is 0 Å². The van der Waals surface area contributed by atoms with Crippen molar-refractivity contribution in [1.82, 2.24) is 0 Å². The largest absolute Gasteiger partial charge is 0.378 e. The monoisotopic (exact) mass is 386 g/mol. The van der Waals surface area contributed by atoms with Gasteiger partial charge in [-0.3, -0.25) is 0 Å². The van der Waals surface area contributed by atoms with Crippen LogP contribution in [0.15, 0.2) is 0 Å². The lowest BCUT2D eigenvalue weighted by Gasteiger charge is -2.42. The van der Waals surface area contributed by atoms with E-state index in [1.807, 2.05) is 0 Å². The first kappa shape index (κ1) is 26.9. The Kier molecular flexibility index (Phi) is 12.4. The van der Waals surface area contributed by atoms with Crippen LogP contribution in [0, 0.1) is 22.7 Å². The molecule has 0 amide bonds. The molecule has 0 spiro atoms. The molecular weight excluding hydrogens is 336 g/mol. The Morgan fingerprint density at radius 1 is 0.667 bits per heavy atom. The predicted octanol–water partition coefficient (Wildman–Crippen LogP) is 6.74. The van der Waals surface area contributed by atoms with Gasteiger partial charge in [-0.2, -0.15) is 0 Å². The lowest BCUT2D eigenvalue weighted by Crippen LogP contribution is -2.42. The molecule has 3 unspecified atom stereocenters. The highest BCUT2D eigenvalue weighted by Crippen LogP contribution is 2.39. The van der Waals surface area contributed by atoms with Crippen molar-refractivity contribution in [2.45, 2.75) is 114 Å². The van der Waals surface area contributed by atoms with Crippen LogP contribution in [0.3, 0.4) is 0 Å². The van der Waals surface area contributed by atoms with Crippen LogP contribution < -0.4 is 0 Å². The van der Waals surface area contributed by atoms with Crippen molar-refractivity contribution in [2.75, 3.05) is 19.8 Å². The van der Waals surface area contributed by atoms with Crippen molar-refractivity contribution in [3.63, 3.8) is 0 Å². The molecule has 0 heterocycles. The summed E-state index contributed by atoms with van der Waals surface area (Å²) < 4.78 is 18.6. The van der Waals surface area contributed by atoms with E-state index in [2.05, 4.69) is 76.2 Å². The van der Waals surface area contributed by atoms with Gasteiger partial charge in [-0.25, -0.2) is 0 Å². The molecule has 0 aromatic carbocycles. The fourth-order valence-electron chi connectivity index (χ4n) is 3.32. The van der Waals surface area contributed by atoms with E-state index in [1.54, 1.807) is 0 Å². The first-order chi connectivity index (χ1) is 12.3. The van der Waals surface area contributed by atoms with Gasteiger partial charge < -0.3 is 14.2 Å². The smallest absolute Gasteiger partial charge is 0.0633 e. The summed E-state index contributed by atoms with van der Waals surface area (Å²) in [5, 5.41) is 0. The van der Waals surface area contributed by atoms with Gasteiger partial charge in [0.2, 0.25) is 0 Å². The van der Waals surface area contributed by atoms with Crippen LogP contribution in [-0.2, 0) is 14.2 Å². The van der Waals surface area contributed by atoms with E-state index in [-0.39, 0.29) is 29.1 Å². The maximum absolute atomic E-state index is 6.38. The van der Waals surface area contributed by atoms with E-state index in [1.165, 1.54) is 0 Å². The van der Waals surface area contributed by atoms with Gasteiger partial charge in [0.1, 0.15) is 0 Å². The van der Waals surface area contributed by atoms with Crippen LogP contribution in [0.2, 0.25) is 0 Å². The van der Waals surface area contributed by atoms with Crippen LogP contribution in [0.25, 0.3) is 0 Å². The molecule has 0 aliphatic heterocycles. The number of rotatable bonds is 15. The second-order valence-corrected chi connectivity index (χ2v) is 10.7. The molecule has 164 valence electrons. The highest BCUT2D eigenvalue weighted by Gasteiger charge is 2.38. The molecule has 0 rings (SSSR count). The van der Waals surface area contributed by atoms with Gasteiger partial charge in [0, 0.05) is 19.8 Å². The van der Waals surface area contributed by atoms with E-state index in [4.69, 9.17) is 14.2 Å². The minimum Gasteiger partial charge on any atom is -0.378 e. The van der Waals surface area contributed by atoms with Crippen LogP contribution >= 0.6 is 0 Å². The van der Waals surface area contributed by atoms with E-state index < -0.39 is 0 Å². The van der Waals surface area contributed by atoms with Crippen LogP contribution in [-0.4, -0.2) is 38.1 Å². The molecule has 0 aliphatic rings. The standard InChI is InChI=1S/C24H50O3/c1-12-13-25-22(15-23(8,9)21(7)27-17-19(4)5)24(10,11)14-20(6)26-16-18(2)3/h18-22H,12-17H2,1-11H3. The molecule has 3 nitrogen and oxygen atoms in total. The first-order valence-electron chi connectivity index (χ1n) is 11.2. The van der Waals surface area contributed by atoms with Gasteiger partial charge >= 0.3 is 0 Å². The van der Waals surface area contributed by atoms with Crippen LogP contribution in [0.4, 0.5) is 0 Å². The SMILES string of the molecule is CCCOC(CC(C)(C)C(C)OCC(C)C)C(C)(C)CC(C)OCC(C)C. The summed E-state index contributed by atoms with van der Waals surface area (Å²) in [6.45, 7) is 27.1. The predicted molar refractivity (Wildman–Crippen MR) is 117 cm³/mol. The average molecular weight is 387 g/mol. The van der Waals surface area contributed by atoms with Gasteiger partial charge in [0.15, 0.2) is 0 Å². The lowest BCUT2D eigenvalue weighted by atomic mass is 9.72. The highest BCUT2D eigenvalue weighted by atomic mass is 16.5. The third-order valence-corrected chi connectivity index (χ3v) is 5.41. The highest BCUT2D eigenvalue weighted by molar-refractivity contribution is 4.88. The summed E-state index contributed by atoms with van der Waals surface area (Å²) >= 11 is 0. The van der Waals surface area contributed by atoms with Crippen molar-refractivity contribution < 1.29 is 14.2 Å². The second-order valence-electron chi connectivity index (χ2n) is 10.7. The Hall–Kier alpha value is -0.120. The zero-order valence-electron chi connectivity index (χ0n) is 20.4. The third-order valence-electron chi connectivity index (χ3n) is 5.41. The summed E-state index contributed by atoms with van der Waals surface area (Å²) in [4.78, 5) is 0. The second kappa shape index (κ2) is 12.4. The molecular formula is C24H50O3. The quantitative estimate of drug-likeness (QED) is 0.312. The molecule has 3 heteroatoms. The summed E-state index contributed by atoms with van der Waals surface area (Å²) in [5.41, 5.74) is 0.118. The fourth-order valence-corrected chi connectivity index (χ4v) is 3.32. The Balaban J connectivity index is 5.05. The Morgan fingerprint density at radius 3 is 1.67 bits per heavy atom. The fraction of sp³-hybridized carbons (Fsp3) is 1.00. The molecule has 0 aliphatic carbocycles. The normalized spacial score (nSPS) is 16.8. The molecule has 0 fully saturated rings. The maximum Gasteiger partial charge on any atom is 0.0633 e. The van der Waals surface area contributed by atoms with E-state index >= 15 is 0 Å². The average Bonchev–Trinajstić information content (AvgIpc) is 2.53. The van der Waals surface area contributed by atoms with Crippen molar-refractivity contribution in [1.29, 1.82) is 0 Å². The third kappa shape index (κ3) is 11.5. The zero-order valence-corrected chi connectivity index (χ0v) is 20.4. The van der Waals surface area contributed by atoms with Crippen LogP contribution in [0.5, 0.6) is 0 Å². The van der Waals surface area contributed by atoms with E-state index in [0.29, 0.717) is 11.8 Å². The molecule has 3 atom stereocenters. The number of hydrogen-bond acceptors (Lipinski definition) is 3. The van der Waals surface area contributed by atoms with Crippen molar-refractivity contribution in [2.24, 2.45) is 22.7 Å². The van der Waals surface area contributed by atoms with Gasteiger partial charge in [0.05, 0.1) is 18.3 Å². The lowest BCUT2D eigenvalue weighted by molar-refractivity contribution is -0.100. The van der Waals surface area contributed by atoms with E-state index in [9.17, 15) is 0 Å². The van der Waals surface area contributed by atoms with Gasteiger partial charge in [-0.05, 0) is 55.8 Å². The zero-order chi connectivity index (χ0) is 21.3. The molecule has 0 aromatic rings. The Bertz CT molecular complexity index is 374. The summed E-state index contributed by atoms with van der Waals surface area (Å²) in [6, 6.07) is 0. The van der Waals surface area contributed by atoms with Gasteiger partial charge in [-0.15, -0.1) is 0 Å². The van der Waals surface area contributed by atoms with Crippen molar-refractivity contribution in [3.05, 3.63) is 0 Å². The summed E-state index contributed by atoms with van der Waals surface area (Å²) in [7, 11) is 0. The molecule has 0 saturated carbocycles. The first-order valence-corrected chi connectivity index (χ1v) is 11.2. The maximum atomic E-state index is 6.38. The summed E-state index contributed by atoms with van der Waals surface area (Å²) in [6.07, 6.45) is 3.70. The minimum absolute atomic E-state index is 0.0562. The molecule has 0 radical (unpaired) electrons. The number of hydrogen-bond donors (Lipinski definition) is 0.